The Balaban J connectivity index is 0.857. The van der Waals surface area contributed by atoms with Gasteiger partial charge in [-0.15, -0.1) is 0 Å². The van der Waals surface area contributed by atoms with Gasteiger partial charge in [-0.3, -0.25) is 14.5 Å². The second kappa shape index (κ2) is 10.7. The SMILES string of the molecule is O=C(CC12CC3CC4CC(C1)C4(C3)C2)NCC(=O)N1CCN(Cc2ccccc2OCc2ccc(C(=O)O)cc2)CC1. The van der Waals surface area contributed by atoms with Crippen LogP contribution in [-0.2, 0) is 22.7 Å². The third-order valence-electron chi connectivity index (χ3n) is 11.2. The Bertz CT molecular complexity index is 1370. The van der Waals surface area contributed by atoms with E-state index in [4.69, 9.17) is 9.84 Å². The highest BCUT2D eigenvalue weighted by atomic mass is 16.5. The molecule has 8 nitrogen and oxygen atoms in total. The largest absolute Gasteiger partial charge is 0.489 e. The fourth-order valence-electron chi connectivity index (χ4n) is 9.51. The summed E-state index contributed by atoms with van der Waals surface area (Å²) < 4.78 is 6.10. The highest BCUT2D eigenvalue weighted by Crippen LogP contribution is 2.79. The van der Waals surface area contributed by atoms with E-state index in [1.807, 2.05) is 23.1 Å². The van der Waals surface area contributed by atoms with E-state index in [0.717, 1.165) is 54.3 Å². The lowest BCUT2D eigenvalue weighted by Crippen LogP contribution is -2.51. The van der Waals surface area contributed by atoms with Gasteiger partial charge in [0, 0.05) is 44.7 Å². The lowest BCUT2D eigenvalue weighted by atomic mass is 9.55. The van der Waals surface area contributed by atoms with Crippen molar-refractivity contribution in [3.05, 3.63) is 65.2 Å². The van der Waals surface area contributed by atoms with Crippen molar-refractivity contribution in [2.45, 2.75) is 58.1 Å². The Kier molecular flexibility index (Phi) is 7.00. The summed E-state index contributed by atoms with van der Waals surface area (Å²) in [6.45, 7) is 3.99. The van der Waals surface area contributed by atoms with Crippen molar-refractivity contribution in [3.8, 4) is 5.75 Å². The maximum Gasteiger partial charge on any atom is 0.335 e. The zero-order valence-electron chi connectivity index (χ0n) is 24.2. The van der Waals surface area contributed by atoms with Crippen LogP contribution < -0.4 is 10.1 Å². The van der Waals surface area contributed by atoms with Crippen molar-refractivity contribution in [1.29, 1.82) is 0 Å². The van der Waals surface area contributed by atoms with Gasteiger partial charge in [0.1, 0.15) is 12.4 Å². The van der Waals surface area contributed by atoms with Gasteiger partial charge in [0.2, 0.25) is 11.8 Å². The molecule has 0 aromatic heterocycles. The van der Waals surface area contributed by atoms with Gasteiger partial charge >= 0.3 is 5.97 Å². The molecule has 0 radical (unpaired) electrons. The van der Waals surface area contributed by atoms with Gasteiger partial charge in [-0.05, 0) is 90.9 Å². The summed E-state index contributed by atoms with van der Waals surface area (Å²) >= 11 is 0. The van der Waals surface area contributed by atoms with E-state index in [1.165, 1.54) is 38.5 Å². The van der Waals surface area contributed by atoms with E-state index in [2.05, 4.69) is 16.3 Å². The third kappa shape index (κ3) is 5.08. The molecule has 4 saturated carbocycles. The number of nitrogens with zero attached hydrogens (tertiary/aromatic N) is 2. The number of carbonyl (C=O) groups excluding carboxylic acids is 2. The van der Waals surface area contributed by atoms with Crippen LogP contribution in [-0.4, -0.2) is 65.4 Å². The first kappa shape index (κ1) is 27.4. The number of fused-ring (bicyclic) bond motifs is 2. The van der Waals surface area contributed by atoms with Crippen molar-refractivity contribution < 1.29 is 24.2 Å². The average Bonchev–Trinajstić information content (AvgIpc) is 3.30. The van der Waals surface area contributed by atoms with Gasteiger partial charge < -0.3 is 20.1 Å². The van der Waals surface area contributed by atoms with Crippen LogP contribution in [0, 0.1) is 28.6 Å². The normalized spacial score (nSPS) is 31.0. The van der Waals surface area contributed by atoms with Crippen molar-refractivity contribution >= 4 is 17.8 Å². The van der Waals surface area contributed by atoms with E-state index in [-0.39, 0.29) is 29.3 Å². The number of carbonyl (C=O) groups is 3. The van der Waals surface area contributed by atoms with Crippen molar-refractivity contribution in [1.82, 2.24) is 15.1 Å². The molecule has 7 rings (SSSR count). The van der Waals surface area contributed by atoms with Crippen LogP contribution in [0.15, 0.2) is 48.5 Å². The highest BCUT2D eigenvalue weighted by Gasteiger charge is 2.70. The van der Waals surface area contributed by atoms with Crippen LogP contribution in [0.4, 0.5) is 0 Å². The van der Waals surface area contributed by atoms with Gasteiger partial charge in [-0.2, -0.15) is 0 Å². The number of rotatable bonds is 10. The van der Waals surface area contributed by atoms with E-state index < -0.39 is 5.97 Å². The molecule has 1 heterocycles. The molecular formula is C34H41N3O5. The number of amides is 2. The molecule has 42 heavy (non-hydrogen) atoms. The number of aromatic carboxylic acids is 1. The molecule has 222 valence electrons. The summed E-state index contributed by atoms with van der Waals surface area (Å²) in [6, 6.07) is 14.7. The second-order valence-electron chi connectivity index (χ2n) is 13.8. The summed E-state index contributed by atoms with van der Waals surface area (Å²) in [4.78, 5) is 41.2. The number of ether oxygens (including phenoxy) is 1. The first-order valence-electron chi connectivity index (χ1n) is 15.6. The maximum atomic E-state index is 13.0. The van der Waals surface area contributed by atoms with Crippen molar-refractivity contribution in [2.75, 3.05) is 32.7 Å². The summed E-state index contributed by atoms with van der Waals surface area (Å²) in [5, 5.41) is 12.1. The van der Waals surface area contributed by atoms with Gasteiger partial charge in [-0.1, -0.05) is 30.3 Å². The molecule has 8 heteroatoms. The maximum absolute atomic E-state index is 13.0. The van der Waals surface area contributed by atoms with E-state index in [9.17, 15) is 14.4 Å². The van der Waals surface area contributed by atoms with Gasteiger partial charge in [0.05, 0.1) is 12.1 Å². The minimum absolute atomic E-state index is 0.00649. The van der Waals surface area contributed by atoms with E-state index in [1.54, 1.807) is 24.3 Å². The lowest BCUT2D eigenvalue weighted by molar-refractivity contribution is -0.135. The zero-order chi connectivity index (χ0) is 28.9. The Morgan fingerprint density at radius 3 is 2.50 bits per heavy atom. The van der Waals surface area contributed by atoms with Crippen LogP contribution in [0.1, 0.15) is 66.4 Å². The molecule has 5 fully saturated rings. The number of nitrogens with one attached hydrogen (secondary N) is 1. The van der Waals surface area contributed by atoms with Crippen LogP contribution >= 0.6 is 0 Å². The monoisotopic (exact) mass is 571 g/mol. The number of benzene rings is 2. The fraction of sp³-hybridized carbons (Fsp3) is 0.559. The van der Waals surface area contributed by atoms with E-state index in [0.29, 0.717) is 31.5 Å². The topological polar surface area (TPSA) is 99.2 Å². The van der Waals surface area contributed by atoms with Crippen molar-refractivity contribution in [2.24, 2.45) is 28.6 Å². The zero-order valence-corrected chi connectivity index (χ0v) is 24.2. The molecule has 3 bridgehead atoms. The molecule has 2 aromatic carbocycles. The predicted molar refractivity (Wildman–Crippen MR) is 157 cm³/mol. The molecule has 5 unspecified atom stereocenters. The van der Waals surface area contributed by atoms with Crippen molar-refractivity contribution in [3.63, 3.8) is 0 Å². The standard InChI is InChI=1S/C34H41N3O5/c38-30(18-33-15-24-13-27-14-28(17-33)34(27,16-24)22-33)35-19-31(39)37-11-9-36(10-12-37)20-26-3-1-2-4-29(26)42-21-23-5-7-25(8-6-23)32(40)41/h1-8,24,27-28H,9-22H2,(H,35,38)(H,40,41). The summed E-state index contributed by atoms with van der Waals surface area (Å²) in [5.41, 5.74) is 3.02. The fourth-order valence-corrected chi connectivity index (χ4v) is 9.51. The first-order valence-corrected chi connectivity index (χ1v) is 15.6. The number of hydrogen-bond donors (Lipinski definition) is 2. The first-order chi connectivity index (χ1) is 20.3. The number of para-hydroxylation sites is 1. The molecule has 5 aliphatic rings. The third-order valence-corrected chi connectivity index (χ3v) is 11.2. The van der Waals surface area contributed by atoms with Crippen LogP contribution in [0.2, 0.25) is 0 Å². The molecule has 1 saturated heterocycles. The van der Waals surface area contributed by atoms with Gasteiger partial charge in [0.25, 0.3) is 0 Å². The minimum Gasteiger partial charge on any atom is -0.489 e. The summed E-state index contributed by atoms with van der Waals surface area (Å²) in [7, 11) is 0. The Morgan fingerprint density at radius 2 is 1.71 bits per heavy atom. The molecule has 1 aliphatic heterocycles. The van der Waals surface area contributed by atoms with Crippen LogP contribution in [0.5, 0.6) is 5.75 Å². The molecule has 2 amide bonds. The molecule has 2 aromatic rings. The van der Waals surface area contributed by atoms with E-state index >= 15 is 0 Å². The van der Waals surface area contributed by atoms with Crippen LogP contribution in [0.25, 0.3) is 0 Å². The Hall–Kier alpha value is -3.39. The minimum atomic E-state index is -0.942. The molecule has 2 N–H and O–H groups in total. The quantitative estimate of drug-likeness (QED) is 0.441. The Labute approximate surface area is 247 Å². The summed E-state index contributed by atoms with van der Waals surface area (Å²) in [5.74, 6) is 2.56. The predicted octanol–water partition coefficient (Wildman–Crippen LogP) is 4.33. The molecular weight excluding hydrogens is 530 g/mol. The van der Waals surface area contributed by atoms with Crippen LogP contribution in [0.3, 0.4) is 0 Å². The molecule has 1 spiro atoms. The number of hydrogen-bond acceptors (Lipinski definition) is 5. The lowest BCUT2D eigenvalue weighted by Gasteiger charge is -2.49. The molecule has 4 aliphatic carbocycles. The van der Waals surface area contributed by atoms with Gasteiger partial charge in [0.15, 0.2) is 0 Å². The highest BCUT2D eigenvalue weighted by molar-refractivity contribution is 5.87. The number of carboxylic acids is 1. The number of carboxylic acid groups (broad SMARTS) is 1. The smallest absolute Gasteiger partial charge is 0.335 e. The Morgan fingerprint density at radius 1 is 0.929 bits per heavy atom. The summed E-state index contributed by atoms with van der Waals surface area (Å²) in [6.07, 6.45) is 8.52. The van der Waals surface area contributed by atoms with Gasteiger partial charge in [-0.25, -0.2) is 4.79 Å². The molecule has 5 atom stereocenters. The number of piperazine rings is 1. The average molecular weight is 572 g/mol. The second-order valence-corrected chi connectivity index (χ2v) is 13.8.